The summed E-state index contributed by atoms with van der Waals surface area (Å²) in [5, 5.41) is 3.36. The number of nitrogens with zero attached hydrogens (tertiary/aromatic N) is 1. The molecule has 0 aromatic carbocycles. The third kappa shape index (κ3) is 3.09. The zero-order chi connectivity index (χ0) is 12.3. The Bertz CT molecular complexity index is 388. The van der Waals surface area contributed by atoms with Gasteiger partial charge in [0.2, 0.25) is 0 Å². The molecule has 4 heteroatoms. The Kier molecular flexibility index (Phi) is 3.52. The Balaban J connectivity index is 1.89. The van der Waals surface area contributed by atoms with Crippen molar-refractivity contribution >= 4 is 11.5 Å². The number of nitrogens with two attached hydrogens (primary N) is 1. The number of nitrogens with one attached hydrogen (secondary N) is 1. The molecule has 1 aliphatic rings. The molecule has 1 aromatic heterocycles. The zero-order valence-electron chi connectivity index (χ0n) is 10.6. The maximum absolute atomic E-state index is 5.92. The summed E-state index contributed by atoms with van der Waals surface area (Å²) < 4.78 is 5.14. The highest BCUT2D eigenvalue weighted by molar-refractivity contribution is 5.61. The van der Waals surface area contributed by atoms with E-state index in [1.807, 2.05) is 19.2 Å². The fourth-order valence-corrected chi connectivity index (χ4v) is 2.02. The molecule has 0 aliphatic heterocycles. The predicted molar refractivity (Wildman–Crippen MR) is 70.0 cm³/mol. The molecular weight excluding hydrogens is 214 g/mol. The van der Waals surface area contributed by atoms with E-state index in [1.54, 1.807) is 7.11 Å². The number of hydrogen-bond donors (Lipinski definition) is 2. The fraction of sp³-hybridized carbons (Fsp3) is 0.615. The van der Waals surface area contributed by atoms with Crippen LogP contribution in [0.4, 0.5) is 11.5 Å². The molecule has 0 saturated heterocycles. The number of hydrogen-bond acceptors (Lipinski definition) is 4. The van der Waals surface area contributed by atoms with E-state index in [9.17, 15) is 0 Å². The number of aryl methyl sites for hydroxylation is 1. The Morgan fingerprint density at radius 2 is 2.29 bits per heavy atom. The van der Waals surface area contributed by atoms with Gasteiger partial charge in [-0.15, -0.1) is 0 Å². The van der Waals surface area contributed by atoms with E-state index < -0.39 is 0 Å². The van der Waals surface area contributed by atoms with Crippen LogP contribution in [0.1, 0.15) is 24.8 Å². The molecule has 1 aliphatic carbocycles. The predicted octanol–water partition coefficient (Wildman–Crippen LogP) is 2.20. The summed E-state index contributed by atoms with van der Waals surface area (Å²) in [6.07, 6.45) is 5.50. The number of methoxy groups -OCH3 is 1. The minimum atomic E-state index is 0.412. The van der Waals surface area contributed by atoms with Crippen molar-refractivity contribution < 1.29 is 4.74 Å². The van der Waals surface area contributed by atoms with E-state index in [2.05, 4.69) is 10.3 Å². The summed E-state index contributed by atoms with van der Waals surface area (Å²) in [5.41, 5.74) is 8.15. The van der Waals surface area contributed by atoms with Crippen molar-refractivity contribution in [2.75, 3.05) is 31.3 Å². The van der Waals surface area contributed by atoms with E-state index in [1.165, 1.54) is 12.8 Å². The summed E-state index contributed by atoms with van der Waals surface area (Å²) in [6.45, 7) is 3.77. The first-order valence-electron chi connectivity index (χ1n) is 6.10. The van der Waals surface area contributed by atoms with Gasteiger partial charge in [-0.2, -0.15) is 0 Å². The molecule has 0 spiro atoms. The first kappa shape index (κ1) is 12.2. The Labute approximate surface area is 103 Å². The lowest BCUT2D eigenvalue weighted by atomic mass is 10.0. The molecule has 3 N–H and O–H groups in total. The van der Waals surface area contributed by atoms with Crippen molar-refractivity contribution in [3.63, 3.8) is 0 Å². The second-order valence-corrected chi connectivity index (χ2v) is 5.05. The molecule has 0 atom stereocenters. The minimum absolute atomic E-state index is 0.412. The van der Waals surface area contributed by atoms with Gasteiger partial charge in [0.05, 0.1) is 5.69 Å². The standard InChI is InChI=1S/C13H21N3O/c1-10-7-11(14)12(15-8-10)16-9-13(3-4-13)5-6-17-2/h7-8H,3-6,9,14H2,1-2H3,(H,15,16). The van der Waals surface area contributed by atoms with Crippen LogP contribution in [0.15, 0.2) is 12.3 Å². The van der Waals surface area contributed by atoms with Crippen LogP contribution in [-0.2, 0) is 4.74 Å². The number of nitrogen functional groups attached to an aromatic ring is 1. The summed E-state index contributed by atoms with van der Waals surface area (Å²) >= 11 is 0. The third-order valence-corrected chi connectivity index (χ3v) is 3.48. The van der Waals surface area contributed by atoms with Gasteiger partial charge in [0.15, 0.2) is 0 Å². The monoisotopic (exact) mass is 235 g/mol. The molecule has 0 radical (unpaired) electrons. The lowest BCUT2D eigenvalue weighted by Gasteiger charge is -2.16. The van der Waals surface area contributed by atoms with Gasteiger partial charge in [0.1, 0.15) is 5.82 Å². The normalized spacial score (nSPS) is 16.8. The Hall–Kier alpha value is -1.29. The minimum Gasteiger partial charge on any atom is -0.396 e. The van der Waals surface area contributed by atoms with Crippen LogP contribution in [0.2, 0.25) is 0 Å². The van der Waals surface area contributed by atoms with Gasteiger partial charge in [0, 0.05) is 26.5 Å². The third-order valence-electron chi connectivity index (χ3n) is 3.48. The van der Waals surface area contributed by atoms with E-state index in [0.717, 1.165) is 36.6 Å². The van der Waals surface area contributed by atoms with Crippen LogP contribution in [-0.4, -0.2) is 25.2 Å². The molecule has 4 nitrogen and oxygen atoms in total. The molecular formula is C13H21N3O. The average Bonchev–Trinajstić information content (AvgIpc) is 3.06. The second-order valence-electron chi connectivity index (χ2n) is 5.05. The number of aromatic nitrogens is 1. The van der Waals surface area contributed by atoms with Crippen LogP contribution in [0.5, 0.6) is 0 Å². The molecule has 0 amide bonds. The number of ether oxygens (including phenoxy) is 1. The first-order chi connectivity index (χ1) is 8.15. The summed E-state index contributed by atoms with van der Waals surface area (Å²) in [4.78, 5) is 4.32. The zero-order valence-corrected chi connectivity index (χ0v) is 10.6. The van der Waals surface area contributed by atoms with Crippen LogP contribution in [0.3, 0.4) is 0 Å². The van der Waals surface area contributed by atoms with Gasteiger partial charge in [-0.25, -0.2) is 4.98 Å². The Morgan fingerprint density at radius 3 is 2.88 bits per heavy atom. The van der Waals surface area contributed by atoms with Gasteiger partial charge in [-0.1, -0.05) is 0 Å². The molecule has 1 fully saturated rings. The molecule has 17 heavy (non-hydrogen) atoms. The average molecular weight is 235 g/mol. The SMILES string of the molecule is COCCC1(CNc2ncc(C)cc2N)CC1. The van der Waals surface area contributed by atoms with E-state index in [4.69, 9.17) is 10.5 Å². The van der Waals surface area contributed by atoms with Crippen molar-refractivity contribution in [2.45, 2.75) is 26.2 Å². The van der Waals surface area contributed by atoms with Crippen molar-refractivity contribution in [1.29, 1.82) is 0 Å². The Morgan fingerprint density at radius 1 is 1.53 bits per heavy atom. The van der Waals surface area contributed by atoms with E-state index in [-0.39, 0.29) is 0 Å². The van der Waals surface area contributed by atoms with Crippen molar-refractivity contribution in [3.8, 4) is 0 Å². The van der Waals surface area contributed by atoms with E-state index >= 15 is 0 Å². The molecule has 1 aromatic rings. The van der Waals surface area contributed by atoms with Crippen LogP contribution >= 0.6 is 0 Å². The largest absolute Gasteiger partial charge is 0.396 e. The summed E-state index contributed by atoms with van der Waals surface area (Å²) in [7, 11) is 1.75. The van der Waals surface area contributed by atoms with Crippen molar-refractivity contribution in [2.24, 2.45) is 5.41 Å². The van der Waals surface area contributed by atoms with Crippen LogP contribution in [0, 0.1) is 12.3 Å². The lowest BCUT2D eigenvalue weighted by molar-refractivity contribution is 0.175. The smallest absolute Gasteiger partial charge is 0.149 e. The van der Waals surface area contributed by atoms with Gasteiger partial charge in [0.25, 0.3) is 0 Å². The van der Waals surface area contributed by atoms with E-state index in [0.29, 0.717) is 5.41 Å². The molecule has 0 unspecified atom stereocenters. The molecule has 2 rings (SSSR count). The van der Waals surface area contributed by atoms with Gasteiger partial charge in [-0.3, -0.25) is 0 Å². The van der Waals surface area contributed by atoms with Crippen LogP contribution < -0.4 is 11.1 Å². The second kappa shape index (κ2) is 4.92. The van der Waals surface area contributed by atoms with Crippen LogP contribution in [0.25, 0.3) is 0 Å². The molecule has 0 bridgehead atoms. The van der Waals surface area contributed by atoms with Gasteiger partial charge >= 0.3 is 0 Å². The lowest BCUT2D eigenvalue weighted by Crippen LogP contribution is -2.18. The van der Waals surface area contributed by atoms with Gasteiger partial charge < -0.3 is 15.8 Å². The maximum atomic E-state index is 5.92. The highest BCUT2D eigenvalue weighted by atomic mass is 16.5. The summed E-state index contributed by atoms with van der Waals surface area (Å²) in [6, 6.07) is 1.95. The number of anilines is 2. The molecule has 1 heterocycles. The maximum Gasteiger partial charge on any atom is 0.149 e. The molecule has 1 saturated carbocycles. The number of rotatable bonds is 6. The quantitative estimate of drug-likeness (QED) is 0.793. The molecule has 94 valence electrons. The summed E-state index contributed by atoms with van der Waals surface area (Å²) in [5.74, 6) is 0.805. The van der Waals surface area contributed by atoms with Crippen molar-refractivity contribution in [3.05, 3.63) is 17.8 Å². The highest BCUT2D eigenvalue weighted by Gasteiger charge is 2.41. The number of pyridine rings is 1. The van der Waals surface area contributed by atoms with Crippen molar-refractivity contribution in [1.82, 2.24) is 4.98 Å². The first-order valence-corrected chi connectivity index (χ1v) is 6.10. The van der Waals surface area contributed by atoms with Gasteiger partial charge in [-0.05, 0) is 43.2 Å². The topological polar surface area (TPSA) is 60.2 Å². The fourth-order valence-electron chi connectivity index (χ4n) is 2.02. The highest BCUT2D eigenvalue weighted by Crippen LogP contribution is 2.48.